The molecule has 0 heterocycles. The van der Waals surface area contributed by atoms with Crippen molar-refractivity contribution in [2.24, 2.45) is 5.92 Å². The van der Waals surface area contributed by atoms with Crippen LogP contribution in [0.3, 0.4) is 0 Å². The fraction of sp³-hybridized carbons (Fsp3) is 0.818. The number of carbonyl (C=O) groups excluding carboxylic acids is 1. The first-order chi connectivity index (χ1) is 8.65. The van der Waals surface area contributed by atoms with Gasteiger partial charge in [0.1, 0.15) is 9.84 Å². The summed E-state index contributed by atoms with van der Waals surface area (Å²) in [5.41, 5.74) is 0. The second-order valence-corrected chi connectivity index (χ2v) is 6.86. The van der Waals surface area contributed by atoms with Crippen molar-refractivity contribution >= 4 is 21.8 Å². The zero-order chi connectivity index (χ0) is 15.1. The lowest BCUT2D eigenvalue weighted by atomic mass is 10.0. The van der Waals surface area contributed by atoms with E-state index in [1.807, 2.05) is 6.92 Å². The Bertz CT molecular complexity index is 407. The normalized spacial score (nSPS) is 14.5. The standard InChI is InChI=1S/C11H22N2O5S/c1-4-5-9(10(14)15)6-12-11(16)13-8(2)7-19(3,17)18/h8-9H,4-7H2,1-3H3,(H,14,15)(H2,12,13,16). The van der Waals surface area contributed by atoms with Gasteiger partial charge in [-0.1, -0.05) is 13.3 Å². The largest absolute Gasteiger partial charge is 0.481 e. The third kappa shape index (κ3) is 9.29. The van der Waals surface area contributed by atoms with Crippen molar-refractivity contribution in [3.63, 3.8) is 0 Å². The van der Waals surface area contributed by atoms with Crippen LogP contribution in [0.5, 0.6) is 0 Å². The zero-order valence-electron chi connectivity index (χ0n) is 11.5. The highest BCUT2D eigenvalue weighted by Gasteiger charge is 2.18. The van der Waals surface area contributed by atoms with Crippen LogP contribution in [0, 0.1) is 5.92 Å². The number of urea groups is 1. The highest BCUT2D eigenvalue weighted by atomic mass is 32.2. The minimum atomic E-state index is -3.16. The summed E-state index contributed by atoms with van der Waals surface area (Å²) in [6.07, 6.45) is 2.28. The number of carboxylic acid groups (broad SMARTS) is 1. The Kier molecular flexibility index (Phi) is 7.43. The third-order valence-electron chi connectivity index (χ3n) is 2.43. The molecular weight excluding hydrogens is 272 g/mol. The van der Waals surface area contributed by atoms with Crippen LogP contribution in [0.2, 0.25) is 0 Å². The number of hydrogen-bond acceptors (Lipinski definition) is 4. The SMILES string of the molecule is CCCC(CNC(=O)NC(C)CS(C)(=O)=O)C(=O)O. The minimum Gasteiger partial charge on any atom is -0.481 e. The summed E-state index contributed by atoms with van der Waals surface area (Å²) in [4.78, 5) is 22.3. The maximum Gasteiger partial charge on any atom is 0.315 e. The van der Waals surface area contributed by atoms with Crippen LogP contribution in [0.4, 0.5) is 4.79 Å². The van der Waals surface area contributed by atoms with Gasteiger partial charge in [0.15, 0.2) is 0 Å². The molecule has 0 fully saturated rings. The average Bonchev–Trinajstić information content (AvgIpc) is 2.20. The van der Waals surface area contributed by atoms with Gasteiger partial charge in [-0.05, 0) is 13.3 Å². The molecule has 0 aromatic heterocycles. The molecule has 112 valence electrons. The Hall–Kier alpha value is -1.31. The molecule has 0 radical (unpaired) electrons. The first-order valence-corrected chi connectivity index (χ1v) is 8.16. The molecule has 0 aromatic rings. The molecule has 0 bridgehead atoms. The van der Waals surface area contributed by atoms with E-state index in [1.165, 1.54) is 0 Å². The summed E-state index contributed by atoms with van der Waals surface area (Å²) >= 11 is 0. The average molecular weight is 294 g/mol. The summed E-state index contributed by atoms with van der Waals surface area (Å²) in [6, 6.07) is -1.08. The van der Waals surface area contributed by atoms with E-state index in [0.717, 1.165) is 6.26 Å². The van der Waals surface area contributed by atoms with Crippen molar-refractivity contribution < 1.29 is 23.1 Å². The molecule has 19 heavy (non-hydrogen) atoms. The molecule has 7 nitrogen and oxygen atoms in total. The first-order valence-electron chi connectivity index (χ1n) is 6.10. The maximum absolute atomic E-state index is 11.5. The quantitative estimate of drug-likeness (QED) is 0.593. The molecule has 2 unspecified atom stereocenters. The molecule has 0 saturated heterocycles. The molecule has 0 aromatic carbocycles. The van der Waals surface area contributed by atoms with Gasteiger partial charge in [0.2, 0.25) is 0 Å². The number of sulfone groups is 1. The van der Waals surface area contributed by atoms with Gasteiger partial charge in [-0.25, -0.2) is 13.2 Å². The number of carboxylic acids is 1. The molecule has 3 N–H and O–H groups in total. The molecule has 0 aliphatic heterocycles. The maximum atomic E-state index is 11.5. The molecule has 2 atom stereocenters. The van der Waals surface area contributed by atoms with Crippen molar-refractivity contribution in [3.05, 3.63) is 0 Å². The number of hydrogen-bond donors (Lipinski definition) is 3. The Morgan fingerprint density at radius 3 is 2.32 bits per heavy atom. The van der Waals surface area contributed by atoms with E-state index in [4.69, 9.17) is 5.11 Å². The number of carbonyl (C=O) groups is 2. The molecule has 8 heteroatoms. The Balaban J connectivity index is 4.14. The predicted octanol–water partition coefficient (Wildman–Crippen LogP) is 0.220. The van der Waals surface area contributed by atoms with Gasteiger partial charge in [0, 0.05) is 18.8 Å². The Labute approximate surface area is 113 Å². The summed E-state index contributed by atoms with van der Waals surface area (Å²) in [6.45, 7) is 3.46. The molecule has 0 rings (SSSR count). The molecule has 0 spiro atoms. The Morgan fingerprint density at radius 1 is 1.32 bits per heavy atom. The van der Waals surface area contributed by atoms with Crippen LogP contribution >= 0.6 is 0 Å². The monoisotopic (exact) mass is 294 g/mol. The lowest BCUT2D eigenvalue weighted by Crippen LogP contribution is -2.45. The Morgan fingerprint density at radius 2 is 1.89 bits per heavy atom. The lowest BCUT2D eigenvalue weighted by Gasteiger charge is -2.16. The van der Waals surface area contributed by atoms with Gasteiger partial charge in [0.05, 0.1) is 11.7 Å². The van der Waals surface area contributed by atoms with Crippen LogP contribution in [-0.2, 0) is 14.6 Å². The van der Waals surface area contributed by atoms with E-state index in [1.54, 1.807) is 6.92 Å². The van der Waals surface area contributed by atoms with Gasteiger partial charge in [-0.2, -0.15) is 0 Å². The van der Waals surface area contributed by atoms with E-state index in [-0.39, 0.29) is 12.3 Å². The molecule has 0 aliphatic carbocycles. The van der Waals surface area contributed by atoms with Gasteiger partial charge >= 0.3 is 12.0 Å². The second-order valence-electron chi connectivity index (χ2n) is 4.67. The fourth-order valence-corrected chi connectivity index (χ4v) is 2.64. The van der Waals surface area contributed by atoms with Crippen LogP contribution in [0.25, 0.3) is 0 Å². The number of amides is 2. The third-order valence-corrected chi connectivity index (χ3v) is 3.53. The minimum absolute atomic E-state index is 0.0284. The van der Waals surface area contributed by atoms with Crippen molar-refractivity contribution in [2.45, 2.75) is 32.7 Å². The van der Waals surface area contributed by atoms with Crippen LogP contribution in [0.15, 0.2) is 0 Å². The van der Waals surface area contributed by atoms with Crippen molar-refractivity contribution in [1.29, 1.82) is 0 Å². The number of nitrogens with one attached hydrogen (secondary N) is 2. The van der Waals surface area contributed by atoms with Gasteiger partial charge in [-0.15, -0.1) is 0 Å². The predicted molar refractivity (Wildman–Crippen MR) is 71.7 cm³/mol. The highest BCUT2D eigenvalue weighted by molar-refractivity contribution is 7.90. The van der Waals surface area contributed by atoms with Gasteiger partial charge in [0.25, 0.3) is 0 Å². The van der Waals surface area contributed by atoms with E-state index >= 15 is 0 Å². The smallest absolute Gasteiger partial charge is 0.315 e. The summed E-state index contributed by atoms with van der Waals surface area (Å²) in [5, 5.41) is 13.8. The van der Waals surface area contributed by atoms with Gasteiger partial charge < -0.3 is 15.7 Å². The van der Waals surface area contributed by atoms with E-state index < -0.39 is 33.8 Å². The first kappa shape index (κ1) is 17.7. The summed E-state index contributed by atoms with van der Waals surface area (Å²) < 4.78 is 22.0. The zero-order valence-corrected chi connectivity index (χ0v) is 12.3. The van der Waals surface area contributed by atoms with Crippen LogP contribution in [-0.4, -0.2) is 50.1 Å². The fourth-order valence-electron chi connectivity index (χ4n) is 1.65. The highest BCUT2D eigenvalue weighted by Crippen LogP contribution is 2.04. The second kappa shape index (κ2) is 7.98. The summed E-state index contributed by atoms with van der Waals surface area (Å²) in [5.74, 6) is -1.73. The van der Waals surface area contributed by atoms with Gasteiger partial charge in [-0.3, -0.25) is 4.79 Å². The van der Waals surface area contributed by atoms with Crippen LogP contribution < -0.4 is 10.6 Å². The van der Waals surface area contributed by atoms with E-state index in [0.29, 0.717) is 12.8 Å². The summed E-state index contributed by atoms with van der Waals surface area (Å²) in [7, 11) is -3.16. The van der Waals surface area contributed by atoms with Crippen molar-refractivity contribution in [1.82, 2.24) is 10.6 Å². The van der Waals surface area contributed by atoms with Crippen LogP contribution in [0.1, 0.15) is 26.7 Å². The van der Waals surface area contributed by atoms with Crippen molar-refractivity contribution in [3.8, 4) is 0 Å². The van der Waals surface area contributed by atoms with E-state index in [9.17, 15) is 18.0 Å². The topological polar surface area (TPSA) is 113 Å². The molecule has 0 aliphatic rings. The number of rotatable bonds is 8. The lowest BCUT2D eigenvalue weighted by molar-refractivity contribution is -0.141. The molecule has 0 saturated carbocycles. The molecular formula is C11H22N2O5S. The van der Waals surface area contributed by atoms with Crippen molar-refractivity contribution in [2.75, 3.05) is 18.6 Å². The number of aliphatic carboxylic acids is 1. The van der Waals surface area contributed by atoms with E-state index in [2.05, 4.69) is 10.6 Å². The molecule has 2 amide bonds.